The second kappa shape index (κ2) is 6.51. The standard InChI is InChI=1S/C13H18N2O4S/c1-13(2,12(18)19)8-14-10(16)7-15(3)11(17)9-5-4-6-20-9/h4-6H,7-8H2,1-3H3,(H,14,16)(H,18,19). The third-order valence-electron chi connectivity index (χ3n) is 2.77. The number of hydrogen-bond acceptors (Lipinski definition) is 4. The molecule has 0 aliphatic heterocycles. The molecule has 0 aromatic carbocycles. The van der Waals surface area contributed by atoms with E-state index in [9.17, 15) is 14.4 Å². The van der Waals surface area contributed by atoms with Gasteiger partial charge in [-0.05, 0) is 25.3 Å². The minimum atomic E-state index is -1.04. The van der Waals surface area contributed by atoms with Crippen molar-refractivity contribution in [1.29, 1.82) is 0 Å². The first-order chi connectivity index (χ1) is 9.24. The second-order valence-electron chi connectivity index (χ2n) is 5.10. The zero-order valence-corrected chi connectivity index (χ0v) is 12.5. The van der Waals surface area contributed by atoms with Gasteiger partial charge in [-0.15, -0.1) is 11.3 Å². The molecule has 1 aromatic rings. The molecule has 2 N–H and O–H groups in total. The van der Waals surface area contributed by atoms with E-state index >= 15 is 0 Å². The van der Waals surface area contributed by atoms with Crippen LogP contribution in [-0.4, -0.2) is 47.9 Å². The van der Waals surface area contributed by atoms with Crippen LogP contribution >= 0.6 is 11.3 Å². The summed E-state index contributed by atoms with van der Waals surface area (Å²) in [5, 5.41) is 13.2. The number of thiophene rings is 1. The fraction of sp³-hybridized carbons (Fsp3) is 0.462. The van der Waals surface area contributed by atoms with Gasteiger partial charge in [-0.2, -0.15) is 0 Å². The number of rotatable bonds is 6. The van der Waals surface area contributed by atoms with Gasteiger partial charge in [0.1, 0.15) is 0 Å². The van der Waals surface area contributed by atoms with Crippen LogP contribution in [0.2, 0.25) is 0 Å². The summed E-state index contributed by atoms with van der Waals surface area (Å²) in [6, 6.07) is 3.45. The normalized spacial score (nSPS) is 10.9. The molecule has 0 aliphatic rings. The second-order valence-corrected chi connectivity index (χ2v) is 6.05. The molecule has 0 fully saturated rings. The number of nitrogens with one attached hydrogen (secondary N) is 1. The van der Waals surface area contributed by atoms with Gasteiger partial charge in [0.25, 0.3) is 5.91 Å². The van der Waals surface area contributed by atoms with Crippen molar-refractivity contribution >= 4 is 29.1 Å². The maximum Gasteiger partial charge on any atom is 0.310 e. The highest BCUT2D eigenvalue weighted by atomic mass is 32.1. The number of likely N-dealkylation sites (N-methyl/N-ethyl adjacent to an activating group) is 1. The van der Waals surface area contributed by atoms with E-state index in [2.05, 4.69) is 5.32 Å². The number of amides is 2. The van der Waals surface area contributed by atoms with Crippen LogP contribution in [0, 0.1) is 5.41 Å². The maximum atomic E-state index is 11.9. The zero-order valence-electron chi connectivity index (χ0n) is 11.7. The van der Waals surface area contributed by atoms with Gasteiger partial charge >= 0.3 is 5.97 Å². The van der Waals surface area contributed by atoms with Gasteiger partial charge in [0.2, 0.25) is 5.91 Å². The first-order valence-electron chi connectivity index (χ1n) is 6.03. The number of aliphatic carboxylic acids is 1. The lowest BCUT2D eigenvalue weighted by atomic mass is 9.94. The molecule has 0 radical (unpaired) electrons. The number of nitrogens with zero attached hydrogens (tertiary/aromatic N) is 1. The molecule has 6 nitrogen and oxygen atoms in total. The highest BCUT2D eigenvalue weighted by molar-refractivity contribution is 7.12. The van der Waals surface area contributed by atoms with E-state index in [0.717, 1.165) is 0 Å². The Morgan fingerprint density at radius 1 is 1.40 bits per heavy atom. The molecular weight excluding hydrogens is 280 g/mol. The predicted octanol–water partition coefficient (Wildman–Crippen LogP) is 1.05. The van der Waals surface area contributed by atoms with Gasteiger partial charge in [0, 0.05) is 13.6 Å². The van der Waals surface area contributed by atoms with Crippen molar-refractivity contribution in [3.05, 3.63) is 22.4 Å². The van der Waals surface area contributed by atoms with E-state index in [-0.39, 0.29) is 24.9 Å². The van der Waals surface area contributed by atoms with E-state index in [1.54, 1.807) is 17.5 Å². The van der Waals surface area contributed by atoms with E-state index in [1.165, 1.54) is 37.1 Å². The Bertz CT molecular complexity index is 496. The van der Waals surface area contributed by atoms with Gasteiger partial charge < -0.3 is 15.3 Å². The SMILES string of the molecule is CN(CC(=O)NCC(C)(C)C(=O)O)C(=O)c1cccs1. The number of carbonyl (C=O) groups excluding carboxylic acids is 2. The summed E-state index contributed by atoms with van der Waals surface area (Å²) in [4.78, 5) is 36.4. The quantitative estimate of drug-likeness (QED) is 0.822. The molecule has 0 saturated heterocycles. The zero-order chi connectivity index (χ0) is 15.3. The van der Waals surface area contributed by atoms with Crippen LogP contribution in [0.25, 0.3) is 0 Å². The van der Waals surface area contributed by atoms with Gasteiger partial charge in [-0.3, -0.25) is 14.4 Å². The third kappa shape index (κ3) is 4.34. The van der Waals surface area contributed by atoms with Gasteiger partial charge in [-0.25, -0.2) is 0 Å². The third-order valence-corrected chi connectivity index (χ3v) is 3.62. The Morgan fingerprint density at radius 2 is 2.05 bits per heavy atom. The van der Waals surface area contributed by atoms with Crippen LogP contribution in [0.15, 0.2) is 17.5 Å². The van der Waals surface area contributed by atoms with Crippen molar-refractivity contribution in [1.82, 2.24) is 10.2 Å². The molecule has 0 unspecified atom stereocenters. The van der Waals surface area contributed by atoms with Crippen molar-refractivity contribution in [3.8, 4) is 0 Å². The lowest BCUT2D eigenvalue weighted by Gasteiger charge is -2.21. The van der Waals surface area contributed by atoms with Gasteiger partial charge in [-0.1, -0.05) is 6.07 Å². The van der Waals surface area contributed by atoms with Gasteiger partial charge in [0.05, 0.1) is 16.8 Å². The molecule has 2 amide bonds. The largest absolute Gasteiger partial charge is 0.481 e. The van der Waals surface area contributed by atoms with E-state index in [4.69, 9.17) is 5.11 Å². The molecule has 0 spiro atoms. The minimum Gasteiger partial charge on any atom is -0.481 e. The lowest BCUT2D eigenvalue weighted by Crippen LogP contribution is -2.43. The average molecular weight is 298 g/mol. The molecule has 1 rings (SSSR count). The summed E-state index contributed by atoms with van der Waals surface area (Å²) in [6.45, 7) is 2.96. The fourth-order valence-corrected chi connectivity index (χ4v) is 2.04. The molecular formula is C13H18N2O4S. The smallest absolute Gasteiger partial charge is 0.310 e. The Hall–Kier alpha value is -1.89. The lowest BCUT2D eigenvalue weighted by molar-refractivity contribution is -0.146. The van der Waals surface area contributed by atoms with Crippen molar-refractivity contribution in [2.24, 2.45) is 5.41 Å². The summed E-state index contributed by atoms with van der Waals surface area (Å²) in [6.07, 6.45) is 0. The molecule has 1 heterocycles. The summed E-state index contributed by atoms with van der Waals surface area (Å²) in [5.41, 5.74) is -1.04. The monoisotopic (exact) mass is 298 g/mol. The van der Waals surface area contributed by atoms with Gasteiger partial charge in [0.15, 0.2) is 0 Å². The Balaban J connectivity index is 2.47. The molecule has 7 heteroatoms. The Morgan fingerprint density at radius 3 is 2.55 bits per heavy atom. The molecule has 110 valence electrons. The summed E-state index contributed by atoms with van der Waals surface area (Å²) < 4.78 is 0. The molecule has 1 aromatic heterocycles. The van der Waals surface area contributed by atoms with E-state index in [1.807, 2.05) is 0 Å². The predicted molar refractivity (Wildman–Crippen MR) is 75.7 cm³/mol. The van der Waals surface area contributed by atoms with E-state index in [0.29, 0.717) is 4.88 Å². The van der Waals surface area contributed by atoms with Crippen LogP contribution in [0.4, 0.5) is 0 Å². The number of hydrogen-bond donors (Lipinski definition) is 2. The topological polar surface area (TPSA) is 86.7 Å². The molecule has 0 aliphatic carbocycles. The number of carboxylic acid groups (broad SMARTS) is 1. The molecule has 20 heavy (non-hydrogen) atoms. The van der Waals surface area contributed by atoms with Crippen LogP contribution in [0.1, 0.15) is 23.5 Å². The van der Waals surface area contributed by atoms with Crippen LogP contribution in [0.3, 0.4) is 0 Å². The highest BCUT2D eigenvalue weighted by Gasteiger charge is 2.27. The van der Waals surface area contributed by atoms with Crippen LogP contribution < -0.4 is 5.32 Å². The van der Waals surface area contributed by atoms with Crippen LogP contribution in [0.5, 0.6) is 0 Å². The maximum absolute atomic E-state index is 11.9. The number of carboxylic acids is 1. The number of carbonyl (C=O) groups is 3. The van der Waals surface area contributed by atoms with Crippen LogP contribution in [-0.2, 0) is 9.59 Å². The Kier molecular flexibility index (Phi) is 5.26. The highest BCUT2D eigenvalue weighted by Crippen LogP contribution is 2.13. The van der Waals surface area contributed by atoms with Crippen molar-refractivity contribution in [3.63, 3.8) is 0 Å². The van der Waals surface area contributed by atoms with Crippen molar-refractivity contribution in [2.45, 2.75) is 13.8 Å². The molecule has 0 atom stereocenters. The molecule has 0 bridgehead atoms. The van der Waals surface area contributed by atoms with E-state index < -0.39 is 11.4 Å². The fourth-order valence-electron chi connectivity index (χ4n) is 1.33. The first-order valence-corrected chi connectivity index (χ1v) is 6.91. The first kappa shape index (κ1) is 16.2. The minimum absolute atomic E-state index is 0.0161. The Labute approximate surface area is 121 Å². The van der Waals surface area contributed by atoms with Crippen molar-refractivity contribution in [2.75, 3.05) is 20.1 Å². The van der Waals surface area contributed by atoms with Crippen molar-refractivity contribution < 1.29 is 19.5 Å². The average Bonchev–Trinajstić information content (AvgIpc) is 2.89. The summed E-state index contributed by atoms with van der Waals surface area (Å²) in [7, 11) is 1.53. The summed E-state index contributed by atoms with van der Waals surface area (Å²) in [5.74, 6) is -1.60. The summed E-state index contributed by atoms with van der Waals surface area (Å²) >= 11 is 1.31. The molecule has 0 saturated carbocycles.